The fraction of sp³-hybridized carbons (Fsp3) is 1.00. The molecule has 13 heavy (non-hydrogen) atoms. The van der Waals surface area contributed by atoms with Gasteiger partial charge in [0.2, 0.25) is 0 Å². The van der Waals surface area contributed by atoms with Gasteiger partial charge in [-0.25, -0.2) is 0 Å². The molecule has 0 aromatic rings. The molecule has 0 aromatic heterocycles. The van der Waals surface area contributed by atoms with Crippen LogP contribution in [0.25, 0.3) is 0 Å². The third-order valence-electron chi connectivity index (χ3n) is 3.15. The first-order valence-corrected chi connectivity index (χ1v) is 5.38. The minimum Gasteiger partial charge on any atom is -0.396 e. The van der Waals surface area contributed by atoms with Gasteiger partial charge in [-0.1, -0.05) is 13.3 Å². The number of nitrogens with zero attached hydrogens (tertiary/aromatic N) is 1. The maximum absolute atomic E-state index is 9.18. The molecule has 0 spiro atoms. The smallest absolute Gasteiger partial charge is 0.0486 e. The van der Waals surface area contributed by atoms with E-state index in [1.807, 2.05) is 0 Å². The predicted molar refractivity (Wildman–Crippen MR) is 54.5 cm³/mol. The third kappa shape index (κ3) is 2.66. The van der Waals surface area contributed by atoms with Crippen molar-refractivity contribution in [1.82, 2.24) is 4.90 Å². The maximum Gasteiger partial charge on any atom is 0.0486 e. The lowest BCUT2D eigenvalue weighted by Crippen LogP contribution is -2.47. The zero-order chi connectivity index (χ0) is 9.68. The average Bonchev–Trinajstić information content (AvgIpc) is 2.20. The fourth-order valence-corrected chi connectivity index (χ4v) is 2.30. The maximum atomic E-state index is 9.18. The molecule has 3 N–H and O–H groups in total. The molecule has 0 saturated carbocycles. The number of likely N-dealkylation sites (tertiary alicyclic amines) is 1. The number of nitrogens with two attached hydrogens (primary N) is 1. The zero-order valence-electron chi connectivity index (χ0n) is 8.58. The van der Waals surface area contributed by atoms with Crippen molar-refractivity contribution < 1.29 is 5.11 Å². The molecule has 3 nitrogen and oxygen atoms in total. The monoisotopic (exact) mass is 186 g/mol. The Hall–Kier alpha value is -0.120. The fourth-order valence-electron chi connectivity index (χ4n) is 2.30. The van der Waals surface area contributed by atoms with Crippen LogP contribution in [-0.2, 0) is 0 Å². The van der Waals surface area contributed by atoms with Crippen molar-refractivity contribution in [2.75, 3.05) is 26.2 Å². The summed E-state index contributed by atoms with van der Waals surface area (Å²) in [5, 5.41) is 9.18. The van der Waals surface area contributed by atoms with E-state index >= 15 is 0 Å². The summed E-state index contributed by atoms with van der Waals surface area (Å²) in [4.78, 5) is 2.46. The second kappa shape index (κ2) is 5.58. The molecule has 3 heteroatoms. The van der Waals surface area contributed by atoms with Gasteiger partial charge < -0.3 is 15.7 Å². The van der Waals surface area contributed by atoms with E-state index < -0.39 is 0 Å². The van der Waals surface area contributed by atoms with E-state index in [2.05, 4.69) is 11.8 Å². The lowest BCUT2D eigenvalue weighted by atomic mass is 9.91. The van der Waals surface area contributed by atoms with Gasteiger partial charge in [0.15, 0.2) is 0 Å². The molecule has 0 bridgehead atoms. The topological polar surface area (TPSA) is 49.5 Å². The van der Waals surface area contributed by atoms with E-state index in [9.17, 15) is 5.11 Å². The number of piperidine rings is 1. The summed E-state index contributed by atoms with van der Waals surface area (Å²) in [6.07, 6.45) is 3.79. The minimum absolute atomic E-state index is 0.234. The molecule has 1 fully saturated rings. The average molecular weight is 186 g/mol. The molecule has 0 radical (unpaired) electrons. The van der Waals surface area contributed by atoms with Crippen LogP contribution in [-0.4, -0.2) is 42.3 Å². The van der Waals surface area contributed by atoms with Crippen molar-refractivity contribution in [3.63, 3.8) is 0 Å². The quantitative estimate of drug-likeness (QED) is 0.669. The first-order chi connectivity index (χ1) is 6.33. The second-order valence-corrected chi connectivity index (χ2v) is 3.87. The highest BCUT2D eigenvalue weighted by molar-refractivity contribution is 4.82. The molecule has 0 aliphatic carbocycles. The third-order valence-corrected chi connectivity index (χ3v) is 3.15. The van der Waals surface area contributed by atoms with Crippen LogP contribution in [0.1, 0.15) is 26.2 Å². The van der Waals surface area contributed by atoms with Crippen molar-refractivity contribution in [2.24, 2.45) is 11.7 Å². The van der Waals surface area contributed by atoms with Crippen LogP contribution in [0.15, 0.2) is 0 Å². The van der Waals surface area contributed by atoms with Gasteiger partial charge >= 0.3 is 0 Å². The number of hydrogen-bond acceptors (Lipinski definition) is 3. The van der Waals surface area contributed by atoms with Crippen LogP contribution in [0.5, 0.6) is 0 Å². The van der Waals surface area contributed by atoms with Crippen molar-refractivity contribution in [1.29, 1.82) is 0 Å². The largest absolute Gasteiger partial charge is 0.396 e. The standard InChI is InChI=1S/C10H22N2O/c1-2-12-6-4-3-5-10(12)9(7-11)8-13/h9-10,13H,2-8,11H2,1H3. The first-order valence-electron chi connectivity index (χ1n) is 5.38. The number of rotatable bonds is 4. The van der Waals surface area contributed by atoms with Gasteiger partial charge in [0.1, 0.15) is 0 Å². The Morgan fingerprint density at radius 2 is 2.31 bits per heavy atom. The van der Waals surface area contributed by atoms with E-state index in [1.54, 1.807) is 0 Å². The summed E-state index contributed by atoms with van der Waals surface area (Å²) in [6.45, 7) is 5.29. The highest BCUT2D eigenvalue weighted by Gasteiger charge is 2.27. The number of hydrogen-bond donors (Lipinski definition) is 2. The van der Waals surface area contributed by atoms with E-state index in [-0.39, 0.29) is 12.5 Å². The summed E-state index contributed by atoms with van der Waals surface area (Å²) >= 11 is 0. The Morgan fingerprint density at radius 3 is 2.85 bits per heavy atom. The van der Waals surface area contributed by atoms with Crippen molar-refractivity contribution >= 4 is 0 Å². The highest BCUT2D eigenvalue weighted by atomic mass is 16.3. The number of aliphatic hydroxyl groups is 1. The van der Waals surface area contributed by atoms with Crippen LogP contribution in [0.4, 0.5) is 0 Å². The summed E-state index contributed by atoms with van der Waals surface area (Å²) in [5.41, 5.74) is 5.64. The highest BCUT2D eigenvalue weighted by Crippen LogP contribution is 2.22. The molecule has 78 valence electrons. The van der Waals surface area contributed by atoms with Crippen LogP contribution < -0.4 is 5.73 Å². The van der Waals surface area contributed by atoms with Crippen LogP contribution in [0, 0.1) is 5.92 Å². The Morgan fingerprint density at radius 1 is 1.54 bits per heavy atom. The van der Waals surface area contributed by atoms with E-state index in [1.165, 1.54) is 25.8 Å². The molecule has 1 aliphatic rings. The van der Waals surface area contributed by atoms with Gasteiger partial charge in [0.25, 0.3) is 0 Å². The summed E-state index contributed by atoms with van der Waals surface area (Å²) in [7, 11) is 0. The summed E-state index contributed by atoms with van der Waals surface area (Å²) in [6, 6.07) is 0.522. The van der Waals surface area contributed by atoms with Crippen molar-refractivity contribution in [3.8, 4) is 0 Å². The minimum atomic E-state index is 0.234. The Kier molecular flexibility index (Phi) is 4.70. The molecular formula is C10H22N2O. The van der Waals surface area contributed by atoms with Gasteiger partial charge in [0, 0.05) is 18.6 Å². The summed E-state index contributed by atoms with van der Waals surface area (Å²) in [5.74, 6) is 0.278. The Balaban J connectivity index is 2.51. The van der Waals surface area contributed by atoms with Crippen molar-refractivity contribution in [2.45, 2.75) is 32.2 Å². The normalized spacial score (nSPS) is 27.5. The molecule has 0 amide bonds. The molecule has 1 rings (SSSR count). The molecular weight excluding hydrogens is 164 g/mol. The van der Waals surface area contributed by atoms with Gasteiger partial charge in [-0.15, -0.1) is 0 Å². The van der Waals surface area contributed by atoms with Crippen LogP contribution in [0.3, 0.4) is 0 Å². The molecule has 1 saturated heterocycles. The SMILES string of the molecule is CCN1CCCCC1C(CN)CO. The van der Waals surface area contributed by atoms with Gasteiger partial charge in [-0.3, -0.25) is 0 Å². The van der Waals surface area contributed by atoms with E-state index in [0.29, 0.717) is 12.6 Å². The van der Waals surface area contributed by atoms with Crippen LogP contribution in [0.2, 0.25) is 0 Å². The van der Waals surface area contributed by atoms with Gasteiger partial charge in [-0.2, -0.15) is 0 Å². The molecule has 1 aliphatic heterocycles. The molecule has 2 unspecified atom stereocenters. The molecule has 1 heterocycles. The van der Waals surface area contributed by atoms with Gasteiger partial charge in [0.05, 0.1) is 0 Å². The van der Waals surface area contributed by atoms with Crippen LogP contribution >= 0.6 is 0 Å². The molecule has 2 atom stereocenters. The van der Waals surface area contributed by atoms with Gasteiger partial charge in [-0.05, 0) is 32.5 Å². The summed E-state index contributed by atoms with van der Waals surface area (Å²) < 4.78 is 0. The number of aliphatic hydroxyl groups excluding tert-OH is 1. The lowest BCUT2D eigenvalue weighted by molar-refractivity contribution is 0.0752. The Labute approximate surface area is 80.9 Å². The van der Waals surface area contributed by atoms with E-state index in [0.717, 1.165) is 6.54 Å². The molecule has 0 aromatic carbocycles. The van der Waals surface area contributed by atoms with E-state index in [4.69, 9.17) is 5.73 Å². The Bertz CT molecular complexity index is 129. The second-order valence-electron chi connectivity index (χ2n) is 3.87. The van der Waals surface area contributed by atoms with Crippen molar-refractivity contribution in [3.05, 3.63) is 0 Å². The lowest BCUT2D eigenvalue weighted by Gasteiger charge is -2.38. The zero-order valence-corrected chi connectivity index (χ0v) is 8.58. The first kappa shape index (κ1) is 11.0. The predicted octanol–water partition coefficient (Wildman–Crippen LogP) is 0.428.